The highest BCUT2D eigenvalue weighted by atomic mass is 16.6. The molecule has 128 valence electrons. The van der Waals surface area contributed by atoms with Crippen LogP contribution in [-0.4, -0.2) is 20.0 Å². The van der Waals surface area contributed by atoms with Crippen LogP contribution in [0.15, 0.2) is 52.2 Å². The van der Waals surface area contributed by atoms with Gasteiger partial charge in [-0.3, -0.25) is 23.6 Å². The smallest absolute Gasteiger partial charge is 0.280 e. The quantitative estimate of drug-likeness (QED) is 0.698. The maximum absolute atomic E-state index is 12.2. The molecular weight excluding hydrogens is 324 g/mol. The summed E-state index contributed by atoms with van der Waals surface area (Å²) in [6.07, 6.45) is 1.29. The van der Waals surface area contributed by atoms with Crippen molar-refractivity contribution in [2.45, 2.75) is 6.61 Å². The average molecular weight is 340 g/mol. The van der Waals surface area contributed by atoms with Crippen molar-refractivity contribution in [2.75, 3.05) is 0 Å². The molecule has 0 spiro atoms. The van der Waals surface area contributed by atoms with E-state index in [2.05, 4.69) is 10.5 Å². The Balaban J connectivity index is 1.83. The van der Waals surface area contributed by atoms with Gasteiger partial charge in [-0.2, -0.15) is 0 Å². The van der Waals surface area contributed by atoms with E-state index in [0.29, 0.717) is 0 Å². The molecule has 0 atom stereocenters. The van der Waals surface area contributed by atoms with Crippen LogP contribution < -0.4 is 16.7 Å². The fraction of sp³-hybridized carbons (Fsp3) is 0.176. The van der Waals surface area contributed by atoms with Crippen LogP contribution in [0.4, 0.5) is 0 Å². The number of amides is 1. The molecule has 0 unspecified atom stereocenters. The lowest BCUT2D eigenvalue weighted by Gasteiger charge is -2.09. The molecule has 1 aromatic carbocycles. The van der Waals surface area contributed by atoms with Crippen LogP contribution in [0.3, 0.4) is 0 Å². The molecule has 3 aromatic rings. The Morgan fingerprint density at radius 2 is 1.88 bits per heavy atom. The number of nitrogens with one attached hydrogen (secondary N) is 1. The van der Waals surface area contributed by atoms with Crippen molar-refractivity contribution in [2.24, 2.45) is 14.1 Å². The van der Waals surface area contributed by atoms with Gasteiger partial charge in [0.25, 0.3) is 11.5 Å². The third-order valence-electron chi connectivity index (χ3n) is 3.80. The molecular formula is C17H16N4O4. The van der Waals surface area contributed by atoms with Crippen LogP contribution in [0.1, 0.15) is 15.9 Å². The molecule has 2 aromatic heterocycles. The number of carbonyl (C=O) groups excluding carboxylic acids is 1. The van der Waals surface area contributed by atoms with Gasteiger partial charge in [-0.1, -0.05) is 30.3 Å². The Hall–Kier alpha value is -3.26. The molecule has 0 bridgehead atoms. The Morgan fingerprint density at radius 1 is 1.16 bits per heavy atom. The summed E-state index contributed by atoms with van der Waals surface area (Å²) in [4.78, 5) is 45.5. The fourth-order valence-corrected chi connectivity index (χ4v) is 2.41. The van der Waals surface area contributed by atoms with Crippen molar-refractivity contribution < 1.29 is 9.63 Å². The number of pyridine rings is 1. The average Bonchev–Trinajstić information content (AvgIpc) is 2.65. The molecule has 0 saturated heterocycles. The molecule has 1 N–H and O–H groups in total. The molecule has 0 aliphatic rings. The van der Waals surface area contributed by atoms with Crippen LogP contribution in [0.5, 0.6) is 0 Å². The molecule has 0 saturated carbocycles. The lowest BCUT2D eigenvalue weighted by molar-refractivity contribution is 0.0233. The van der Waals surface area contributed by atoms with E-state index in [1.165, 1.54) is 30.9 Å². The maximum atomic E-state index is 12.2. The first-order valence-corrected chi connectivity index (χ1v) is 7.51. The Labute approximate surface area is 142 Å². The number of benzene rings is 1. The molecule has 0 fully saturated rings. The first-order chi connectivity index (χ1) is 12.0. The first kappa shape index (κ1) is 16.6. The molecule has 8 heteroatoms. The van der Waals surface area contributed by atoms with E-state index in [1.54, 1.807) is 0 Å². The number of fused-ring (bicyclic) bond motifs is 1. The van der Waals surface area contributed by atoms with Gasteiger partial charge >= 0.3 is 5.69 Å². The minimum atomic E-state index is -0.527. The van der Waals surface area contributed by atoms with Gasteiger partial charge in [0, 0.05) is 20.3 Å². The van der Waals surface area contributed by atoms with Gasteiger partial charge in [0.15, 0.2) is 0 Å². The fourth-order valence-electron chi connectivity index (χ4n) is 2.41. The zero-order chi connectivity index (χ0) is 18.0. The molecule has 8 nitrogen and oxygen atoms in total. The molecule has 2 heterocycles. The minimum absolute atomic E-state index is 0.163. The van der Waals surface area contributed by atoms with E-state index < -0.39 is 17.2 Å². The summed E-state index contributed by atoms with van der Waals surface area (Å²) in [5.74, 6) is -0.527. The summed E-state index contributed by atoms with van der Waals surface area (Å²) in [6.45, 7) is 0.212. The van der Waals surface area contributed by atoms with Gasteiger partial charge in [-0.15, -0.1) is 0 Å². The zero-order valence-electron chi connectivity index (χ0n) is 13.7. The summed E-state index contributed by atoms with van der Waals surface area (Å²) < 4.78 is 2.22. The molecule has 0 radical (unpaired) electrons. The van der Waals surface area contributed by atoms with E-state index in [0.717, 1.165) is 10.1 Å². The van der Waals surface area contributed by atoms with E-state index in [-0.39, 0.29) is 23.2 Å². The van der Waals surface area contributed by atoms with Crippen molar-refractivity contribution in [3.8, 4) is 0 Å². The van der Waals surface area contributed by atoms with Crippen molar-refractivity contribution >= 4 is 16.9 Å². The molecule has 3 rings (SSSR count). The van der Waals surface area contributed by atoms with Gasteiger partial charge in [0.2, 0.25) is 0 Å². The van der Waals surface area contributed by atoms with E-state index >= 15 is 0 Å². The summed E-state index contributed by atoms with van der Waals surface area (Å²) in [7, 11) is 2.89. The molecule has 0 aliphatic carbocycles. The second kappa shape index (κ2) is 6.70. The summed E-state index contributed by atoms with van der Waals surface area (Å²) in [5.41, 5.74) is 2.62. The van der Waals surface area contributed by atoms with Crippen molar-refractivity contribution in [1.82, 2.24) is 19.6 Å². The number of hydrogen-bond acceptors (Lipinski definition) is 5. The Bertz CT molecular complexity index is 1050. The van der Waals surface area contributed by atoms with Crippen molar-refractivity contribution in [3.05, 3.63) is 74.6 Å². The van der Waals surface area contributed by atoms with Gasteiger partial charge in [-0.25, -0.2) is 15.3 Å². The largest absolute Gasteiger partial charge is 0.332 e. The van der Waals surface area contributed by atoms with E-state index in [9.17, 15) is 14.4 Å². The number of nitrogens with zero attached hydrogens (tertiary/aromatic N) is 3. The third kappa shape index (κ3) is 3.20. The number of aryl methyl sites for hydroxylation is 1. The van der Waals surface area contributed by atoms with Crippen molar-refractivity contribution in [3.63, 3.8) is 0 Å². The Kier molecular flexibility index (Phi) is 4.44. The van der Waals surface area contributed by atoms with E-state index in [4.69, 9.17) is 4.84 Å². The van der Waals surface area contributed by atoms with Gasteiger partial charge < -0.3 is 0 Å². The molecule has 25 heavy (non-hydrogen) atoms. The normalized spacial score (nSPS) is 10.8. The maximum Gasteiger partial charge on any atom is 0.332 e. The number of rotatable bonds is 4. The molecule has 0 aliphatic heterocycles. The number of hydroxylamine groups is 1. The first-order valence-electron chi connectivity index (χ1n) is 7.51. The summed E-state index contributed by atoms with van der Waals surface area (Å²) in [5, 5.41) is 0.181. The minimum Gasteiger partial charge on any atom is -0.280 e. The summed E-state index contributed by atoms with van der Waals surface area (Å²) >= 11 is 0. The van der Waals surface area contributed by atoms with Crippen LogP contribution >= 0.6 is 0 Å². The van der Waals surface area contributed by atoms with Crippen LogP contribution in [0, 0.1) is 0 Å². The predicted octanol–water partition coefficient (Wildman–Crippen LogP) is 0.494. The topological polar surface area (TPSA) is 95.2 Å². The standard InChI is InChI=1S/C17H16N4O4/c1-20-14-13(16(23)21(2)17(20)24)8-12(9-18-14)15(22)19-25-10-11-6-4-3-5-7-11/h3-9H,10H2,1-2H3,(H,19,22). The van der Waals surface area contributed by atoms with Crippen LogP contribution in [-0.2, 0) is 25.5 Å². The van der Waals surface area contributed by atoms with E-state index in [1.807, 2.05) is 30.3 Å². The number of carbonyl (C=O) groups is 1. The van der Waals surface area contributed by atoms with Crippen LogP contribution in [0.25, 0.3) is 11.0 Å². The van der Waals surface area contributed by atoms with Gasteiger partial charge in [0.1, 0.15) is 5.65 Å². The van der Waals surface area contributed by atoms with Gasteiger partial charge in [-0.05, 0) is 11.6 Å². The predicted molar refractivity (Wildman–Crippen MR) is 90.9 cm³/mol. The highest BCUT2D eigenvalue weighted by Crippen LogP contribution is 2.07. The highest BCUT2D eigenvalue weighted by molar-refractivity contribution is 5.96. The Morgan fingerprint density at radius 3 is 2.60 bits per heavy atom. The second-order valence-electron chi connectivity index (χ2n) is 5.51. The lowest BCUT2D eigenvalue weighted by atomic mass is 10.2. The van der Waals surface area contributed by atoms with Crippen LogP contribution in [0.2, 0.25) is 0 Å². The third-order valence-corrected chi connectivity index (χ3v) is 3.80. The summed E-state index contributed by atoms with van der Waals surface area (Å²) in [6, 6.07) is 10.8. The highest BCUT2D eigenvalue weighted by Gasteiger charge is 2.13. The number of hydrogen-bond donors (Lipinski definition) is 1. The number of aromatic nitrogens is 3. The second-order valence-corrected chi connectivity index (χ2v) is 5.51. The van der Waals surface area contributed by atoms with Crippen molar-refractivity contribution in [1.29, 1.82) is 0 Å². The zero-order valence-corrected chi connectivity index (χ0v) is 13.7. The molecule has 1 amide bonds. The SMILES string of the molecule is Cn1c(=O)c2cc(C(=O)NOCc3ccccc3)cnc2n(C)c1=O. The lowest BCUT2D eigenvalue weighted by Crippen LogP contribution is -2.37. The van der Waals surface area contributed by atoms with Gasteiger partial charge in [0.05, 0.1) is 17.6 Å². The monoisotopic (exact) mass is 340 g/mol.